The van der Waals surface area contributed by atoms with Gasteiger partial charge in [0.2, 0.25) is 0 Å². The first kappa shape index (κ1) is 20.5. The molecule has 0 atom stereocenters. The summed E-state index contributed by atoms with van der Waals surface area (Å²) in [6, 6.07) is 19.6. The zero-order chi connectivity index (χ0) is 20.9. The molecule has 4 aromatic rings. The number of thiazole rings is 1. The molecule has 4 nitrogen and oxygen atoms in total. The van der Waals surface area contributed by atoms with E-state index in [1.807, 2.05) is 30.3 Å². The Morgan fingerprint density at radius 3 is 2.70 bits per heavy atom. The SMILES string of the molecule is O=C(NN=Cc1c(F)cccc1Cl)c1ccc(CSc2nc3ccccc3s2)cc1. The molecule has 0 bridgehead atoms. The van der Waals surface area contributed by atoms with Crippen molar-refractivity contribution in [3.8, 4) is 0 Å². The molecule has 4 rings (SSSR count). The highest BCUT2D eigenvalue weighted by Gasteiger charge is 2.08. The summed E-state index contributed by atoms with van der Waals surface area (Å²) in [7, 11) is 0. The number of benzene rings is 3. The normalized spacial score (nSPS) is 11.3. The summed E-state index contributed by atoms with van der Waals surface area (Å²) < 4.78 is 15.9. The van der Waals surface area contributed by atoms with E-state index in [0.29, 0.717) is 5.56 Å². The van der Waals surface area contributed by atoms with Crippen molar-refractivity contribution in [3.63, 3.8) is 0 Å². The third-order valence-corrected chi connectivity index (χ3v) is 6.79. The maximum atomic E-state index is 13.7. The molecule has 0 aliphatic heterocycles. The lowest BCUT2D eigenvalue weighted by molar-refractivity contribution is 0.0955. The molecule has 1 aromatic heterocycles. The van der Waals surface area contributed by atoms with Gasteiger partial charge >= 0.3 is 0 Å². The highest BCUT2D eigenvalue weighted by atomic mass is 35.5. The van der Waals surface area contributed by atoms with Gasteiger partial charge in [0, 0.05) is 16.9 Å². The number of hydrogen-bond acceptors (Lipinski definition) is 5. The minimum absolute atomic E-state index is 0.127. The molecule has 150 valence electrons. The van der Waals surface area contributed by atoms with Crippen LogP contribution in [0.5, 0.6) is 0 Å². The number of nitrogens with zero attached hydrogens (tertiary/aromatic N) is 2. The van der Waals surface area contributed by atoms with Crippen LogP contribution in [0.2, 0.25) is 5.02 Å². The van der Waals surface area contributed by atoms with E-state index < -0.39 is 5.82 Å². The van der Waals surface area contributed by atoms with E-state index in [2.05, 4.69) is 21.6 Å². The van der Waals surface area contributed by atoms with Gasteiger partial charge in [0.25, 0.3) is 5.91 Å². The molecule has 3 aromatic carbocycles. The van der Waals surface area contributed by atoms with Crippen molar-refractivity contribution in [1.82, 2.24) is 10.4 Å². The van der Waals surface area contributed by atoms with Crippen molar-refractivity contribution in [3.05, 3.63) is 94.3 Å². The van der Waals surface area contributed by atoms with Gasteiger partial charge in [0.15, 0.2) is 4.34 Å². The van der Waals surface area contributed by atoms with Gasteiger partial charge in [-0.15, -0.1) is 11.3 Å². The first-order valence-corrected chi connectivity index (χ1v) is 11.1. The summed E-state index contributed by atoms with van der Waals surface area (Å²) in [5.41, 5.74) is 5.06. The molecule has 8 heteroatoms. The van der Waals surface area contributed by atoms with E-state index in [9.17, 15) is 9.18 Å². The van der Waals surface area contributed by atoms with E-state index >= 15 is 0 Å². The van der Waals surface area contributed by atoms with Crippen LogP contribution in [0.1, 0.15) is 21.5 Å². The molecule has 0 spiro atoms. The van der Waals surface area contributed by atoms with E-state index in [1.165, 1.54) is 23.0 Å². The minimum atomic E-state index is -0.504. The number of halogens is 2. The monoisotopic (exact) mass is 455 g/mol. The zero-order valence-corrected chi connectivity index (χ0v) is 17.9. The number of aromatic nitrogens is 1. The number of hydrazone groups is 1. The lowest BCUT2D eigenvalue weighted by Crippen LogP contribution is -2.17. The minimum Gasteiger partial charge on any atom is -0.267 e. The third-order valence-electron chi connectivity index (χ3n) is 4.21. The lowest BCUT2D eigenvalue weighted by atomic mass is 10.1. The Kier molecular flexibility index (Phi) is 6.42. The lowest BCUT2D eigenvalue weighted by Gasteiger charge is -2.03. The number of nitrogens with one attached hydrogen (secondary N) is 1. The molecule has 0 aliphatic rings. The quantitative estimate of drug-likeness (QED) is 0.215. The van der Waals surface area contributed by atoms with Crippen molar-refractivity contribution >= 4 is 57.0 Å². The van der Waals surface area contributed by atoms with Crippen molar-refractivity contribution < 1.29 is 9.18 Å². The second kappa shape index (κ2) is 9.38. The van der Waals surface area contributed by atoms with Crippen LogP contribution in [0.15, 0.2) is 76.2 Å². The van der Waals surface area contributed by atoms with Crippen molar-refractivity contribution in [2.24, 2.45) is 5.10 Å². The number of carbonyl (C=O) groups is 1. The average Bonchev–Trinajstić information content (AvgIpc) is 3.18. The Morgan fingerprint density at radius 2 is 1.93 bits per heavy atom. The van der Waals surface area contributed by atoms with E-state index in [0.717, 1.165) is 21.2 Å². The third kappa shape index (κ3) is 4.87. The second-order valence-corrected chi connectivity index (χ2v) is 8.93. The van der Waals surface area contributed by atoms with Crippen LogP contribution < -0.4 is 5.43 Å². The predicted molar refractivity (Wildman–Crippen MR) is 122 cm³/mol. The Hall–Kier alpha value is -2.74. The standard InChI is InChI=1S/C22H15ClFN3OS2/c23-17-4-3-5-18(24)16(17)12-25-27-21(28)15-10-8-14(9-11-15)13-29-22-26-19-6-1-2-7-20(19)30-22/h1-12H,13H2,(H,27,28). The molecule has 0 unspecified atom stereocenters. The molecule has 30 heavy (non-hydrogen) atoms. The first-order valence-electron chi connectivity index (χ1n) is 8.95. The largest absolute Gasteiger partial charge is 0.271 e. The van der Waals surface area contributed by atoms with Crippen LogP contribution in [0, 0.1) is 5.82 Å². The molecule has 0 radical (unpaired) electrons. The zero-order valence-electron chi connectivity index (χ0n) is 15.5. The molecular formula is C22H15ClFN3OS2. The molecule has 1 N–H and O–H groups in total. The van der Waals surface area contributed by atoms with E-state index in [-0.39, 0.29) is 16.5 Å². The van der Waals surface area contributed by atoms with Crippen LogP contribution in [0.25, 0.3) is 10.2 Å². The summed E-state index contributed by atoms with van der Waals surface area (Å²) in [6.07, 6.45) is 1.19. The van der Waals surface area contributed by atoms with Crippen molar-refractivity contribution in [2.45, 2.75) is 10.1 Å². The molecule has 1 heterocycles. The van der Waals surface area contributed by atoms with Crippen molar-refractivity contribution in [1.29, 1.82) is 0 Å². The van der Waals surface area contributed by atoms with Crippen LogP contribution >= 0.6 is 34.7 Å². The van der Waals surface area contributed by atoms with Crippen LogP contribution in [-0.2, 0) is 5.75 Å². The van der Waals surface area contributed by atoms with E-state index in [1.54, 1.807) is 41.3 Å². The Balaban J connectivity index is 1.34. The van der Waals surface area contributed by atoms with Crippen LogP contribution in [0.3, 0.4) is 0 Å². The van der Waals surface area contributed by atoms with Gasteiger partial charge in [0.1, 0.15) is 5.82 Å². The fourth-order valence-electron chi connectivity index (χ4n) is 2.66. The van der Waals surface area contributed by atoms with Gasteiger partial charge in [-0.05, 0) is 42.0 Å². The topological polar surface area (TPSA) is 54.4 Å². The maximum absolute atomic E-state index is 13.7. The average molecular weight is 456 g/mol. The number of para-hydroxylation sites is 1. The summed E-state index contributed by atoms with van der Waals surface area (Å²) in [6.45, 7) is 0. The number of amides is 1. The van der Waals surface area contributed by atoms with Crippen molar-refractivity contribution in [2.75, 3.05) is 0 Å². The second-order valence-electron chi connectivity index (χ2n) is 6.27. The number of hydrogen-bond donors (Lipinski definition) is 1. The fraction of sp³-hybridized carbons (Fsp3) is 0.0455. The van der Waals surface area contributed by atoms with E-state index in [4.69, 9.17) is 11.6 Å². The summed E-state index contributed by atoms with van der Waals surface area (Å²) in [4.78, 5) is 16.8. The van der Waals surface area contributed by atoms with Gasteiger partial charge in [0.05, 0.1) is 21.5 Å². The van der Waals surface area contributed by atoms with Gasteiger partial charge in [-0.1, -0.05) is 53.7 Å². The molecule has 0 aliphatic carbocycles. The van der Waals surface area contributed by atoms with Crippen LogP contribution in [0.4, 0.5) is 4.39 Å². The van der Waals surface area contributed by atoms with Gasteiger partial charge < -0.3 is 0 Å². The summed E-state index contributed by atoms with van der Waals surface area (Å²) in [5, 5.41) is 4.02. The smallest absolute Gasteiger partial charge is 0.267 e. The first-order chi connectivity index (χ1) is 14.6. The van der Waals surface area contributed by atoms with Crippen LogP contribution in [-0.4, -0.2) is 17.1 Å². The maximum Gasteiger partial charge on any atom is 0.271 e. The van der Waals surface area contributed by atoms with Gasteiger partial charge in [-0.3, -0.25) is 4.79 Å². The highest BCUT2D eigenvalue weighted by molar-refractivity contribution is 8.00. The Labute approximate surface area is 185 Å². The predicted octanol–water partition coefficient (Wildman–Crippen LogP) is 6.15. The molecular weight excluding hydrogens is 441 g/mol. The molecule has 1 amide bonds. The fourth-order valence-corrected chi connectivity index (χ4v) is 4.90. The molecule has 0 saturated heterocycles. The summed E-state index contributed by atoms with van der Waals surface area (Å²) >= 11 is 9.26. The number of thioether (sulfide) groups is 1. The van der Waals surface area contributed by atoms with Gasteiger partial charge in [-0.25, -0.2) is 14.8 Å². The Bertz CT molecular complexity index is 1170. The highest BCUT2D eigenvalue weighted by Crippen LogP contribution is 2.31. The summed E-state index contributed by atoms with van der Waals surface area (Å²) in [5.74, 6) is -0.134. The number of rotatable bonds is 6. The van der Waals surface area contributed by atoms with Gasteiger partial charge in [-0.2, -0.15) is 5.10 Å². The Morgan fingerprint density at radius 1 is 1.13 bits per heavy atom. The number of carbonyl (C=O) groups excluding carboxylic acids is 1. The number of fused-ring (bicyclic) bond motifs is 1. The molecule has 0 saturated carbocycles. The molecule has 0 fully saturated rings.